The summed E-state index contributed by atoms with van der Waals surface area (Å²) in [5.41, 5.74) is -0.799. The second kappa shape index (κ2) is 4.19. The molecule has 0 aromatic carbocycles. The summed E-state index contributed by atoms with van der Waals surface area (Å²) in [7, 11) is 0. The van der Waals surface area contributed by atoms with E-state index in [0.717, 1.165) is 19.4 Å². The van der Waals surface area contributed by atoms with Crippen LogP contribution in [0.3, 0.4) is 0 Å². The number of rotatable bonds is 4. The van der Waals surface area contributed by atoms with Crippen LogP contribution in [0.15, 0.2) is 12.1 Å². The van der Waals surface area contributed by atoms with E-state index in [9.17, 15) is 10.1 Å². The van der Waals surface area contributed by atoms with Gasteiger partial charge >= 0.3 is 0 Å². The summed E-state index contributed by atoms with van der Waals surface area (Å²) in [6.45, 7) is 2.97. The predicted molar refractivity (Wildman–Crippen MR) is 55.9 cm³/mol. The Morgan fingerprint density at radius 3 is 3.19 bits per heavy atom. The van der Waals surface area contributed by atoms with E-state index in [-0.39, 0.29) is 11.5 Å². The van der Waals surface area contributed by atoms with Gasteiger partial charge in [0.05, 0.1) is 12.8 Å². The van der Waals surface area contributed by atoms with Crippen molar-refractivity contribution in [2.75, 3.05) is 19.7 Å². The van der Waals surface area contributed by atoms with Crippen molar-refractivity contribution in [3.63, 3.8) is 0 Å². The molecule has 1 saturated heterocycles. The van der Waals surface area contributed by atoms with E-state index in [2.05, 4.69) is 0 Å². The molecule has 0 saturated carbocycles. The third-order valence-corrected chi connectivity index (χ3v) is 2.95. The van der Waals surface area contributed by atoms with Gasteiger partial charge in [0.1, 0.15) is 0 Å². The Morgan fingerprint density at radius 1 is 1.69 bits per heavy atom. The van der Waals surface area contributed by atoms with Crippen LogP contribution in [0, 0.1) is 10.1 Å². The Bertz CT molecular complexity index is 318. The molecule has 16 heavy (non-hydrogen) atoms. The summed E-state index contributed by atoms with van der Waals surface area (Å²) >= 11 is 0. The summed E-state index contributed by atoms with van der Waals surface area (Å²) in [6, 6.07) is 0. The van der Waals surface area contributed by atoms with Gasteiger partial charge in [-0.3, -0.25) is 10.1 Å². The zero-order valence-electron chi connectivity index (χ0n) is 9.35. The Morgan fingerprint density at radius 2 is 2.50 bits per heavy atom. The first-order valence-electron chi connectivity index (χ1n) is 5.58. The molecular formula is C10H16N2O4. The Kier molecular flexibility index (Phi) is 2.89. The van der Waals surface area contributed by atoms with E-state index in [1.54, 1.807) is 6.20 Å². The lowest BCUT2D eigenvalue weighted by Crippen LogP contribution is -2.52. The van der Waals surface area contributed by atoms with Crippen LogP contribution in [0.4, 0.5) is 0 Å². The molecular weight excluding hydrogens is 212 g/mol. The molecule has 2 aliphatic rings. The molecule has 0 spiro atoms. The van der Waals surface area contributed by atoms with E-state index < -0.39 is 5.72 Å². The second-order valence-electron chi connectivity index (χ2n) is 4.07. The Labute approximate surface area is 94.0 Å². The first kappa shape index (κ1) is 11.0. The molecule has 1 unspecified atom stereocenters. The third-order valence-electron chi connectivity index (χ3n) is 2.95. The lowest BCUT2D eigenvalue weighted by molar-refractivity contribution is -0.509. The highest BCUT2D eigenvalue weighted by Gasteiger charge is 2.49. The lowest BCUT2D eigenvalue weighted by Gasteiger charge is -2.37. The molecule has 0 aromatic heterocycles. The molecule has 1 fully saturated rings. The van der Waals surface area contributed by atoms with E-state index in [1.165, 1.54) is 0 Å². The summed E-state index contributed by atoms with van der Waals surface area (Å²) in [4.78, 5) is 12.3. The zero-order chi connectivity index (χ0) is 11.6. The van der Waals surface area contributed by atoms with Gasteiger partial charge in [0.15, 0.2) is 0 Å². The fourth-order valence-corrected chi connectivity index (χ4v) is 2.28. The van der Waals surface area contributed by atoms with Gasteiger partial charge in [-0.25, -0.2) is 0 Å². The molecule has 0 N–H and O–H groups in total. The van der Waals surface area contributed by atoms with Crippen molar-refractivity contribution in [2.24, 2.45) is 0 Å². The summed E-state index contributed by atoms with van der Waals surface area (Å²) < 4.78 is 10.9. The quantitative estimate of drug-likeness (QED) is 0.536. The maximum Gasteiger partial charge on any atom is 0.298 e. The number of fused-ring (bicyclic) bond motifs is 1. The van der Waals surface area contributed by atoms with E-state index in [4.69, 9.17) is 9.47 Å². The van der Waals surface area contributed by atoms with E-state index in [1.807, 2.05) is 11.8 Å². The largest absolute Gasteiger partial charge is 0.465 e. The smallest absolute Gasteiger partial charge is 0.298 e. The monoisotopic (exact) mass is 228 g/mol. The van der Waals surface area contributed by atoms with Crippen molar-refractivity contribution in [2.45, 2.75) is 31.9 Å². The van der Waals surface area contributed by atoms with Gasteiger partial charge in [-0.05, 0) is 19.8 Å². The first-order chi connectivity index (χ1) is 7.66. The molecule has 90 valence electrons. The average Bonchev–Trinajstić information content (AvgIpc) is 2.54. The molecule has 0 radical (unpaired) electrons. The van der Waals surface area contributed by atoms with Gasteiger partial charge < -0.3 is 14.4 Å². The van der Waals surface area contributed by atoms with Crippen molar-refractivity contribution in [1.82, 2.24) is 4.90 Å². The highest BCUT2D eigenvalue weighted by Crippen LogP contribution is 2.37. The number of hydrogen-bond donors (Lipinski definition) is 0. The standard InChI is InChI=1S/C10H16N2O4/c1-2-15-9-7-11-6-4-3-5-10(11,16-9)8-12(13)14/h7H,2-6,8H2,1H3. The van der Waals surface area contributed by atoms with Gasteiger partial charge in [-0.15, -0.1) is 0 Å². The Balaban J connectivity index is 2.13. The number of piperidine rings is 1. The van der Waals surface area contributed by atoms with Gasteiger partial charge in [0, 0.05) is 17.9 Å². The molecule has 0 aliphatic carbocycles. The summed E-state index contributed by atoms with van der Waals surface area (Å²) in [5, 5.41) is 10.7. The normalized spacial score (nSPS) is 28.1. The van der Waals surface area contributed by atoms with Crippen LogP contribution in [0.2, 0.25) is 0 Å². The zero-order valence-corrected chi connectivity index (χ0v) is 9.35. The molecule has 0 amide bonds. The Hall–Kier alpha value is -1.46. The maximum atomic E-state index is 10.7. The minimum atomic E-state index is -0.799. The molecule has 6 heteroatoms. The van der Waals surface area contributed by atoms with Crippen molar-refractivity contribution in [1.29, 1.82) is 0 Å². The van der Waals surface area contributed by atoms with Crippen molar-refractivity contribution in [3.8, 4) is 0 Å². The fourth-order valence-electron chi connectivity index (χ4n) is 2.28. The van der Waals surface area contributed by atoms with Crippen LogP contribution >= 0.6 is 0 Å². The van der Waals surface area contributed by atoms with E-state index in [0.29, 0.717) is 19.0 Å². The number of hydrogen-bond acceptors (Lipinski definition) is 5. The van der Waals surface area contributed by atoms with Gasteiger partial charge in [0.25, 0.3) is 18.2 Å². The highest BCUT2D eigenvalue weighted by molar-refractivity contribution is 5.03. The number of nitrogens with zero attached hydrogens (tertiary/aromatic N) is 2. The van der Waals surface area contributed by atoms with Gasteiger partial charge in [-0.1, -0.05) is 0 Å². The molecule has 0 aromatic rings. The van der Waals surface area contributed by atoms with Crippen molar-refractivity contribution >= 4 is 0 Å². The van der Waals surface area contributed by atoms with Gasteiger partial charge in [-0.2, -0.15) is 0 Å². The van der Waals surface area contributed by atoms with Crippen LogP contribution in [-0.2, 0) is 9.47 Å². The van der Waals surface area contributed by atoms with Gasteiger partial charge in [0.2, 0.25) is 0 Å². The molecule has 0 bridgehead atoms. The van der Waals surface area contributed by atoms with Crippen molar-refractivity contribution < 1.29 is 14.4 Å². The first-order valence-corrected chi connectivity index (χ1v) is 5.58. The van der Waals surface area contributed by atoms with Crippen LogP contribution in [0.25, 0.3) is 0 Å². The second-order valence-corrected chi connectivity index (χ2v) is 4.07. The molecule has 2 heterocycles. The van der Waals surface area contributed by atoms with Crippen LogP contribution in [-0.4, -0.2) is 35.2 Å². The molecule has 2 aliphatic heterocycles. The van der Waals surface area contributed by atoms with Crippen LogP contribution in [0.1, 0.15) is 26.2 Å². The number of ether oxygens (including phenoxy) is 2. The van der Waals surface area contributed by atoms with Crippen LogP contribution < -0.4 is 0 Å². The number of nitro groups is 1. The molecule has 1 atom stereocenters. The van der Waals surface area contributed by atoms with Crippen LogP contribution in [0.5, 0.6) is 0 Å². The minimum absolute atomic E-state index is 0.194. The van der Waals surface area contributed by atoms with E-state index >= 15 is 0 Å². The minimum Gasteiger partial charge on any atom is -0.465 e. The average molecular weight is 228 g/mol. The SMILES string of the molecule is CCOC1=CN2CCCCC2(C[N+](=O)[O-])O1. The third kappa shape index (κ3) is 1.91. The predicted octanol–water partition coefficient (Wildman–Crippen LogP) is 1.31. The van der Waals surface area contributed by atoms with Crippen molar-refractivity contribution in [3.05, 3.63) is 22.3 Å². The molecule has 6 nitrogen and oxygen atoms in total. The highest BCUT2D eigenvalue weighted by atomic mass is 16.7. The maximum absolute atomic E-state index is 10.7. The molecule has 2 rings (SSSR count). The topological polar surface area (TPSA) is 64.8 Å². The summed E-state index contributed by atoms with van der Waals surface area (Å²) in [5.74, 6) is 0.409. The lowest BCUT2D eigenvalue weighted by atomic mass is 9.99. The summed E-state index contributed by atoms with van der Waals surface area (Å²) in [6.07, 6.45) is 4.43. The fraction of sp³-hybridized carbons (Fsp3) is 0.800.